The minimum atomic E-state index is -3.54. The van der Waals surface area contributed by atoms with E-state index in [0.717, 1.165) is 12.8 Å². The molecule has 1 aliphatic heterocycles. The topological polar surface area (TPSA) is 105 Å². The van der Waals surface area contributed by atoms with Crippen molar-refractivity contribution in [2.24, 2.45) is 0 Å². The maximum atomic E-state index is 12.3. The average Bonchev–Trinajstić information content (AvgIpc) is 2.62. The van der Waals surface area contributed by atoms with Crippen LogP contribution in [0.25, 0.3) is 0 Å². The molecular weight excluding hydrogens is 346 g/mol. The lowest BCUT2D eigenvalue weighted by molar-refractivity contribution is -0.145. The molecule has 0 radical (unpaired) electrons. The molecule has 1 atom stereocenters. The summed E-state index contributed by atoms with van der Waals surface area (Å²) in [5.74, 6) is -1.36. The van der Waals surface area contributed by atoms with Crippen LogP contribution in [0.1, 0.15) is 19.8 Å². The summed E-state index contributed by atoms with van der Waals surface area (Å²) in [6.07, 6.45) is 1.63. The van der Waals surface area contributed by atoms with Crippen molar-refractivity contribution < 1.29 is 22.7 Å². The lowest BCUT2D eigenvalue weighted by Crippen LogP contribution is -2.47. The molecule has 2 amide bonds. The largest absolute Gasteiger partial charge is 0.377 e. The van der Waals surface area contributed by atoms with Gasteiger partial charge in [-0.05, 0) is 51.1 Å². The molecule has 0 aliphatic carbocycles. The molecule has 0 saturated carbocycles. The highest BCUT2D eigenvalue weighted by Gasteiger charge is 2.28. The summed E-state index contributed by atoms with van der Waals surface area (Å²) in [6.45, 7) is 3.39. The number of hydrogen-bond acceptors (Lipinski definition) is 5. The van der Waals surface area contributed by atoms with Crippen molar-refractivity contribution >= 4 is 27.5 Å². The zero-order valence-corrected chi connectivity index (χ0v) is 15.1. The van der Waals surface area contributed by atoms with Gasteiger partial charge in [-0.25, -0.2) is 13.1 Å². The predicted octanol–water partition coefficient (Wildman–Crippen LogP) is 0.561. The fraction of sp³-hybridized carbons (Fsp3) is 0.500. The summed E-state index contributed by atoms with van der Waals surface area (Å²) in [5.41, 5.74) is 0.353. The average molecular weight is 369 g/mol. The van der Waals surface area contributed by atoms with Gasteiger partial charge in [0, 0.05) is 25.4 Å². The molecule has 25 heavy (non-hydrogen) atoms. The van der Waals surface area contributed by atoms with Crippen LogP contribution in [0.5, 0.6) is 0 Å². The van der Waals surface area contributed by atoms with Gasteiger partial charge in [0.1, 0.15) is 0 Å². The number of likely N-dealkylation sites (tertiary alicyclic amines) is 1. The minimum absolute atomic E-state index is 0.0402. The molecule has 9 heteroatoms. The van der Waals surface area contributed by atoms with Crippen molar-refractivity contribution in [2.75, 3.05) is 32.1 Å². The Bertz CT molecular complexity index is 716. The van der Waals surface area contributed by atoms with Crippen LogP contribution in [0.4, 0.5) is 5.69 Å². The van der Waals surface area contributed by atoms with Crippen LogP contribution >= 0.6 is 0 Å². The Kier molecular flexibility index (Phi) is 6.51. The molecule has 1 saturated heterocycles. The first-order valence-corrected chi connectivity index (χ1v) is 9.61. The van der Waals surface area contributed by atoms with Crippen LogP contribution < -0.4 is 10.0 Å². The summed E-state index contributed by atoms with van der Waals surface area (Å²) in [4.78, 5) is 26.0. The molecule has 1 heterocycles. The van der Waals surface area contributed by atoms with Crippen LogP contribution in [-0.4, -0.2) is 58.0 Å². The third-order valence-electron chi connectivity index (χ3n) is 3.95. The maximum absolute atomic E-state index is 12.3. The molecule has 1 aromatic rings. The zero-order chi connectivity index (χ0) is 18.4. The molecule has 2 rings (SSSR count). The number of sulfonamides is 1. The summed E-state index contributed by atoms with van der Waals surface area (Å²) in [6, 6.07) is 5.60. The first-order valence-electron chi connectivity index (χ1n) is 8.13. The van der Waals surface area contributed by atoms with Crippen molar-refractivity contribution in [1.29, 1.82) is 0 Å². The van der Waals surface area contributed by atoms with Crippen molar-refractivity contribution in [1.82, 2.24) is 9.62 Å². The summed E-state index contributed by atoms with van der Waals surface area (Å²) in [5, 5.41) is 2.50. The van der Waals surface area contributed by atoms with Crippen LogP contribution in [0, 0.1) is 0 Å². The molecule has 1 fully saturated rings. The lowest BCUT2D eigenvalue weighted by atomic mass is 10.1. The summed E-state index contributed by atoms with van der Waals surface area (Å²) >= 11 is 0. The van der Waals surface area contributed by atoms with Crippen molar-refractivity contribution in [2.45, 2.75) is 30.8 Å². The number of hydrogen-bond donors (Lipinski definition) is 2. The van der Waals surface area contributed by atoms with E-state index in [-0.39, 0.29) is 11.0 Å². The Hall–Kier alpha value is -1.97. The van der Waals surface area contributed by atoms with Gasteiger partial charge in [0.05, 0.1) is 11.0 Å². The number of rotatable bonds is 5. The maximum Gasteiger partial charge on any atom is 0.313 e. The van der Waals surface area contributed by atoms with Crippen LogP contribution in [0.2, 0.25) is 0 Å². The highest BCUT2D eigenvalue weighted by Crippen LogP contribution is 2.16. The Morgan fingerprint density at radius 3 is 2.56 bits per heavy atom. The first kappa shape index (κ1) is 19.4. The van der Waals surface area contributed by atoms with E-state index in [1.54, 1.807) is 0 Å². The Balaban J connectivity index is 1.98. The van der Waals surface area contributed by atoms with Gasteiger partial charge in [0.25, 0.3) is 0 Å². The second-order valence-electron chi connectivity index (χ2n) is 5.66. The van der Waals surface area contributed by atoms with Gasteiger partial charge in [0.2, 0.25) is 10.0 Å². The molecule has 1 aromatic carbocycles. The predicted molar refractivity (Wildman–Crippen MR) is 92.5 cm³/mol. The molecular formula is C16H23N3O5S. The number of benzene rings is 1. The number of ether oxygens (including phenoxy) is 1. The molecule has 0 aromatic heterocycles. The van der Waals surface area contributed by atoms with Gasteiger partial charge in [0.15, 0.2) is 0 Å². The normalized spacial score (nSPS) is 18.0. The number of nitrogens with one attached hydrogen (secondary N) is 2. The number of nitrogens with zero attached hydrogens (tertiary/aromatic N) is 1. The van der Waals surface area contributed by atoms with Gasteiger partial charge >= 0.3 is 11.8 Å². The highest BCUT2D eigenvalue weighted by molar-refractivity contribution is 7.89. The zero-order valence-electron chi connectivity index (χ0n) is 14.3. The number of anilines is 1. The van der Waals surface area contributed by atoms with E-state index in [1.807, 2.05) is 6.92 Å². The quantitative estimate of drug-likeness (QED) is 0.738. The van der Waals surface area contributed by atoms with Crippen molar-refractivity contribution in [3.8, 4) is 0 Å². The molecule has 0 spiro atoms. The van der Waals surface area contributed by atoms with Gasteiger partial charge < -0.3 is 15.0 Å². The Labute approximate surface area is 147 Å². The highest BCUT2D eigenvalue weighted by atomic mass is 32.2. The number of amides is 2. The van der Waals surface area contributed by atoms with E-state index in [4.69, 9.17) is 4.74 Å². The standard InChI is InChI=1S/C16H23N3O5S/c1-3-24-13-5-4-10-19(11-13)16(21)15(20)18-12-6-8-14(9-7-12)25(22,23)17-2/h6-9,13,17H,3-5,10-11H2,1-2H3,(H,18,20). The van der Waals surface area contributed by atoms with Crippen molar-refractivity contribution in [3.63, 3.8) is 0 Å². The lowest BCUT2D eigenvalue weighted by Gasteiger charge is -2.31. The van der Waals surface area contributed by atoms with Gasteiger partial charge in [-0.1, -0.05) is 0 Å². The van der Waals surface area contributed by atoms with E-state index >= 15 is 0 Å². The summed E-state index contributed by atoms with van der Waals surface area (Å²) < 4.78 is 31.1. The smallest absolute Gasteiger partial charge is 0.313 e. The number of carbonyl (C=O) groups is 2. The third-order valence-corrected chi connectivity index (χ3v) is 5.38. The molecule has 2 N–H and O–H groups in total. The minimum Gasteiger partial charge on any atom is -0.377 e. The van der Waals surface area contributed by atoms with Crippen molar-refractivity contribution in [3.05, 3.63) is 24.3 Å². The fourth-order valence-electron chi connectivity index (χ4n) is 2.66. The van der Waals surface area contributed by atoms with Crippen LogP contribution in [0.3, 0.4) is 0 Å². The van der Waals surface area contributed by atoms with E-state index in [2.05, 4.69) is 10.0 Å². The van der Waals surface area contributed by atoms with Gasteiger partial charge in [-0.3, -0.25) is 9.59 Å². The van der Waals surface area contributed by atoms with Gasteiger partial charge in [-0.2, -0.15) is 0 Å². The Morgan fingerprint density at radius 2 is 1.96 bits per heavy atom. The number of piperidine rings is 1. The third kappa shape index (κ3) is 5.00. The number of carbonyl (C=O) groups excluding carboxylic acids is 2. The fourth-order valence-corrected chi connectivity index (χ4v) is 3.39. The van der Waals surface area contributed by atoms with Crippen LogP contribution in [0.15, 0.2) is 29.2 Å². The van der Waals surface area contributed by atoms with E-state index in [1.165, 1.54) is 36.2 Å². The molecule has 1 unspecified atom stereocenters. The summed E-state index contributed by atoms with van der Waals surface area (Å²) in [7, 11) is -2.22. The second-order valence-corrected chi connectivity index (χ2v) is 7.54. The van der Waals surface area contributed by atoms with E-state index in [0.29, 0.717) is 25.4 Å². The van der Waals surface area contributed by atoms with E-state index in [9.17, 15) is 18.0 Å². The first-order chi connectivity index (χ1) is 11.9. The van der Waals surface area contributed by atoms with Crippen LogP contribution in [-0.2, 0) is 24.3 Å². The second kappa shape index (κ2) is 8.41. The van der Waals surface area contributed by atoms with Gasteiger partial charge in [-0.15, -0.1) is 0 Å². The molecule has 1 aliphatic rings. The Morgan fingerprint density at radius 1 is 1.28 bits per heavy atom. The SMILES string of the molecule is CCOC1CCCN(C(=O)C(=O)Nc2ccc(S(=O)(=O)NC)cc2)C1. The monoisotopic (exact) mass is 369 g/mol. The molecule has 138 valence electrons. The molecule has 0 bridgehead atoms. The van der Waals surface area contributed by atoms with E-state index < -0.39 is 21.8 Å². The molecule has 8 nitrogen and oxygen atoms in total.